The van der Waals surface area contributed by atoms with Gasteiger partial charge in [0.25, 0.3) is 0 Å². The maximum Gasteiger partial charge on any atom is 0.164 e. The van der Waals surface area contributed by atoms with E-state index in [4.69, 9.17) is 0 Å². The highest BCUT2D eigenvalue weighted by Gasteiger charge is 2.12. The van der Waals surface area contributed by atoms with Gasteiger partial charge in [0.05, 0.1) is 7.05 Å². The third-order valence-electron chi connectivity index (χ3n) is 1.37. The van der Waals surface area contributed by atoms with Gasteiger partial charge in [-0.25, -0.2) is 15.1 Å². The SMILES string of the molecule is CN(c1cc(Br)nc(Br)c1)[N+](=O)[O-]. The smallest absolute Gasteiger partial charge is 0.164 e. The summed E-state index contributed by atoms with van der Waals surface area (Å²) in [5.74, 6) is 0. The van der Waals surface area contributed by atoms with Gasteiger partial charge in [0.15, 0.2) is 5.03 Å². The first kappa shape index (κ1) is 10.4. The summed E-state index contributed by atoms with van der Waals surface area (Å²) in [5.41, 5.74) is 0.457. The number of nitro groups is 1. The Bertz CT molecular complexity index is 324. The van der Waals surface area contributed by atoms with Crippen molar-refractivity contribution >= 4 is 37.5 Å². The van der Waals surface area contributed by atoms with Crippen LogP contribution < -0.4 is 5.01 Å². The zero-order valence-corrected chi connectivity index (χ0v) is 9.74. The monoisotopic (exact) mass is 309 g/mol. The van der Waals surface area contributed by atoms with Crippen LogP contribution in [0.3, 0.4) is 0 Å². The number of hydrogen-bond acceptors (Lipinski definition) is 3. The lowest BCUT2D eigenvalue weighted by molar-refractivity contribution is -0.490. The predicted octanol–water partition coefficient (Wildman–Crippen LogP) is 2.23. The van der Waals surface area contributed by atoms with E-state index in [-0.39, 0.29) is 0 Å². The minimum atomic E-state index is -0.506. The standard InChI is InChI=1S/C6H5Br2N3O2/c1-10(11(12)13)4-2-5(7)9-6(8)3-4/h2-3H,1H3. The molecule has 0 saturated carbocycles. The van der Waals surface area contributed by atoms with Crippen molar-refractivity contribution in [3.05, 3.63) is 31.5 Å². The van der Waals surface area contributed by atoms with E-state index < -0.39 is 5.03 Å². The fourth-order valence-electron chi connectivity index (χ4n) is 0.733. The lowest BCUT2D eigenvalue weighted by atomic mass is 10.4. The Morgan fingerprint density at radius 3 is 2.31 bits per heavy atom. The number of nitrogens with zero attached hydrogens (tertiary/aromatic N) is 3. The third kappa shape index (κ3) is 2.63. The van der Waals surface area contributed by atoms with Crippen LogP contribution in [0.25, 0.3) is 0 Å². The van der Waals surface area contributed by atoms with Crippen LogP contribution in [-0.4, -0.2) is 17.1 Å². The van der Waals surface area contributed by atoms with Crippen LogP contribution in [0.5, 0.6) is 0 Å². The van der Waals surface area contributed by atoms with E-state index >= 15 is 0 Å². The normalized spacial score (nSPS) is 9.77. The van der Waals surface area contributed by atoms with E-state index in [0.29, 0.717) is 14.9 Å². The molecule has 13 heavy (non-hydrogen) atoms. The first-order valence-electron chi connectivity index (χ1n) is 3.22. The summed E-state index contributed by atoms with van der Waals surface area (Å²) in [6, 6.07) is 3.13. The molecule has 0 aliphatic heterocycles. The van der Waals surface area contributed by atoms with Crippen LogP contribution in [0.15, 0.2) is 21.3 Å². The molecule has 0 aromatic carbocycles. The Kier molecular flexibility index (Phi) is 3.21. The minimum Gasteiger partial charge on any atom is -0.234 e. The lowest BCUT2D eigenvalue weighted by Crippen LogP contribution is -2.24. The Morgan fingerprint density at radius 1 is 1.46 bits per heavy atom. The number of hydrazine groups is 1. The Morgan fingerprint density at radius 2 is 1.92 bits per heavy atom. The van der Waals surface area contributed by atoms with Crippen molar-refractivity contribution in [1.29, 1.82) is 0 Å². The highest BCUT2D eigenvalue weighted by Crippen LogP contribution is 2.21. The molecule has 1 rings (SSSR count). The van der Waals surface area contributed by atoms with Gasteiger partial charge < -0.3 is 0 Å². The largest absolute Gasteiger partial charge is 0.234 e. The summed E-state index contributed by atoms with van der Waals surface area (Å²) >= 11 is 6.28. The molecule has 0 aliphatic carbocycles. The second kappa shape index (κ2) is 4.01. The summed E-state index contributed by atoms with van der Waals surface area (Å²) in [4.78, 5) is 14.4. The van der Waals surface area contributed by atoms with E-state index in [1.807, 2.05) is 0 Å². The van der Waals surface area contributed by atoms with Gasteiger partial charge in [-0.1, -0.05) is 5.01 Å². The van der Waals surface area contributed by atoms with E-state index in [9.17, 15) is 10.1 Å². The maximum atomic E-state index is 10.4. The van der Waals surface area contributed by atoms with Crippen molar-refractivity contribution < 1.29 is 5.03 Å². The average molecular weight is 311 g/mol. The lowest BCUT2D eigenvalue weighted by Gasteiger charge is -2.08. The quantitative estimate of drug-likeness (QED) is 0.477. The molecule has 0 saturated heterocycles. The molecular weight excluding hydrogens is 306 g/mol. The van der Waals surface area contributed by atoms with Crippen molar-refractivity contribution in [2.45, 2.75) is 0 Å². The summed E-state index contributed by atoms with van der Waals surface area (Å²) in [7, 11) is 1.37. The third-order valence-corrected chi connectivity index (χ3v) is 2.18. The molecule has 0 bridgehead atoms. The van der Waals surface area contributed by atoms with Gasteiger partial charge in [-0.3, -0.25) is 0 Å². The van der Waals surface area contributed by atoms with Crippen LogP contribution >= 0.6 is 31.9 Å². The molecule has 0 aliphatic rings. The summed E-state index contributed by atoms with van der Waals surface area (Å²) in [5, 5.41) is 10.8. The molecular formula is C6H5Br2N3O2. The number of hydrogen-bond donors (Lipinski definition) is 0. The number of aromatic nitrogens is 1. The highest BCUT2D eigenvalue weighted by molar-refractivity contribution is 9.11. The molecule has 0 fully saturated rings. The average Bonchev–Trinajstić information content (AvgIpc) is 2.01. The second-order valence-electron chi connectivity index (χ2n) is 2.23. The molecule has 1 aromatic heterocycles. The first-order valence-corrected chi connectivity index (χ1v) is 4.80. The van der Waals surface area contributed by atoms with Crippen LogP contribution in [0.1, 0.15) is 0 Å². The van der Waals surface area contributed by atoms with Crippen LogP contribution in [0, 0.1) is 10.1 Å². The zero-order chi connectivity index (χ0) is 10.0. The summed E-state index contributed by atoms with van der Waals surface area (Å²) in [6.45, 7) is 0. The number of anilines is 1. The van der Waals surface area contributed by atoms with Gasteiger partial charge in [-0.05, 0) is 31.9 Å². The van der Waals surface area contributed by atoms with E-state index in [0.717, 1.165) is 5.01 Å². The maximum absolute atomic E-state index is 10.4. The van der Waals surface area contributed by atoms with Gasteiger partial charge in [-0.2, -0.15) is 0 Å². The van der Waals surface area contributed by atoms with E-state index in [1.54, 1.807) is 12.1 Å². The Balaban J connectivity index is 3.07. The molecule has 0 atom stereocenters. The van der Waals surface area contributed by atoms with Crippen molar-refractivity contribution in [3.63, 3.8) is 0 Å². The first-order chi connectivity index (χ1) is 6.00. The van der Waals surface area contributed by atoms with E-state index in [1.165, 1.54) is 7.05 Å². The van der Waals surface area contributed by atoms with Gasteiger partial charge in [0.1, 0.15) is 14.9 Å². The van der Waals surface area contributed by atoms with Gasteiger partial charge in [0.2, 0.25) is 0 Å². The van der Waals surface area contributed by atoms with Gasteiger partial charge >= 0.3 is 0 Å². The second-order valence-corrected chi connectivity index (χ2v) is 3.86. The molecule has 5 nitrogen and oxygen atoms in total. The number of halogens is 2. The molecule has 70 valence electrons. The van der Waals surface area contributed by atoms with Crippen molar-refractivity contribution in [3.8, 4) is 0 Å². The van der Waals surface area contributed by atoms with Gasteiger partial charge in [-0.15, -0.1) is 0 Å². The zero-order valence-electron chi connectivity index (χ0n) is 6.57. The number of rotatable bonds is 2. The minimum absolute atomic E-state index is 0.457. The van der Waals surface area contributed by atoms with E-state index in [2.05, 4.69) is 36.8 Å². The highest BCUT2D eigenvalue weighted by atomic mass is 79.9. The fraction of sp³-hybridized carbons (Fsp3) is 0.167. The summed E-state index contributed by atoms with van der Waals surface area (Å²) < 4.78 is 1.09. The molecule has 7 heteroatoms. The Labute approximate surface area is 91.1 Å². The number of pyridine rings is 1. The Hall–Kier alpha value is -0.690. The molecule has 1 heterocycles. The van der Waals surface area contributed by atoms with Gasteiger partial charge in [0, 0.05) is 12.1 Å². The molecule has 0 spiro atoms. The van der Waals surface area contributed by atoms with Crippen LogP contribution in [0.2, 0.25) is 0 Å². The van der Waals surface area contributed by atoms with Crippen molar-refractivity contribution in [1.82, 2.24) is 4.98 Å². The van der Waals surface area contributed by atoms with Crippen molar-refractivity contribution in [2.75, 3.05) is 12.1 Å². The van der Waals surface area contributed by atoms with Crippen LogP contribution in [0.4, 0.5) is 5.69 Å². The topological polar surface area (TPSA) is 59.3 Å². The molecule has 1 aromatic rings. The molecule has 0 radical (unpaired) electrons. The predicted molar refractivity (Wildman–Crippen MR) is 55.0 cm³/mol. The van der Waals surface area contributed by atoms with Crippen LogP contribution in [-0.2, 0) is 0 Å². The molecule has 0 N–H and O–H groups in total. The van der Waals surface area contributed by atoms with Crippen molar-refractivity contribution in [2.24, 2.45) is 0 Å². The molecule has 0 unspecified atom stereocenters. The fourth-order valence-corrected chi connectivity index (χ4v) is 1.82. The summed E-state index contributed by atoms with van der Waals surface area (Å²) in [6.07, 6.45) is 0. The molecule has 0 amide bonds.